The summed E-state index contributed by atoms with van der Waals surface area (Å²) in [7, 11) is 0. The lowest BCUT2D eigenvalue weighted by molar-refractivity contribution is -0.158. The standard InChI is InChI=1S/C17H23NO4/c19-16(17(13-3-4-13)5-9-20-10-6-17)18-7-11-22-15(12-18)14-2-1-8-21-14/h1-2,8,13,15H,3-7,9-12H2. The molecule has 1 unspecified atom stereocenters. The molecule has 3 aliphatic rings. The van der Waals surface area contributed by atoms with E-state index in [9.17, 15) is 4.79 Å². The third-order valence-electron chi connectivity index (χ3n) is 5.38. The van der Waals surface area contributed by atoms with Gasteiger partial charge < -0.3 is 18.8 Å². The van der Waals surface area contributed by atoms with Crippen molar-refractivity contribution in [2.24, 2.45) is 11.3 Å². The van der Waals surface area contributed by atoms with Crippen molar-refractivity contribution in [3.63, 3.8) is 0 Å². The fourth-order valence-corrected chi connectivity index (χ4v) is 3.96. The van der Waals surface area contributed by atoms with E-state index < -0.39 is 0 Å². The van der Waals surface area contributed by atoms with Crippen LogP contribution in [0, 0.1) is 11.3 Å². The Balaban J connectivity index is 1.51. The lowest BCUT2D eigenvalue weighted by atomic mass is 9.74. The molecule has 0 spiro atoms. The Kier molecular flexibility index (Phi) is 3.70. The van der Waals surface area contributed by atoms with Gasteiger partial charge in [-0.3, -0.25) is 4.79 Å². The van der Waals surface area contributed by atoms with E-state index in [1.54, 1.807) is 6.26 Å². The molecule has 5 nitrogen and oxygen atoms in total. The molecule has 2 aliphatic heterocycles. The second-order valence-electron chi connectivity index (χ2n) is 6.67. The van der Waals surface area contributed by atoms with Crippen LogP contribution >= 0.6 is 0 Å². The molecule has 2 saturated heterocycles. The van der Waals surface area contributed by atoms with E-state index in [0.717, 1.165) is 18.6 Å². The van der Waals surface area contributed by atoms with Gasteiger partial charge in [-0.15, -0.1) is 0 Å². The average Bonchev–Trinajstić information content (AvgIpc) is 3.30. The molecule has 1 aliphatic carbocycles. The second kappa shape index (κ2) is 5.70. The van der Waals surface area contributed by atoms with Crippen molar-refractivity contribution < 1.29 is 18.7 Å². The van der Waals surface area contributed by atoms with Gasteiger partial charge in [0.05, 0.1) is 24.8 Å². The molecule has 5 heteroatoms. The first-order chi connectivity index (χ1) is 10.8. The van der Waals surface area contributed by atoms with E-state index in [-0.39, 0.29) is 11.5 Å². The molecule has 22 heavy (non-hydrogen) atoms. The van der Waals surface area contributed by atoms with Crippen LogP contribution in [-0.4, -0.2) is 43.7 Å². The van der Waals surface area contributed by atoms with Crippen molar-refractivity contribution in [3.8, 4) is 0 Å². The molecule has 1 aromatic heterocycles. The topological polar surface area (TPSA) is 51.9 Å². The zero-order valence-electron chi connectivity index (χ0n) is 12.8. The molecule has 0 aromatic carbocycles. The number of ether oxygens (including phenoxy) is 2. The minimum absolute atomic E-state index is 0.135. The number of nitrogens with zero attached hydrogens (tertiary/aromatic N) is 1. The van der Waals surface area contributed by atoms with Crippen LogP contribution < -0.4 is 0 Å². The summed E-state index contributed by atoms with van der Waals surface area (Å²) < 4.78 is 16.7. The van der Waals surface area contributed by atoms with Crippen LogP contribution in [-0.2, 0) is 14.3 Å². The minimum atomic E-state index is -0.177. The Morgan fingerprint density at radius 3 is 2.73 bits per heavy atom. The summed E-state index contributed by atoms with van der Waals surface area (Å²) in [4.78, 5) is 15.3. The van der Waals surface area contributed by atoms with Gasteiger partial charge in [-0.25, -0.2) is 0 Å². The summed E-state index contributed by atoms with van der Waals surface area (Å²) in [6, 6.07) is 3.79. The van der Waals surface area contributed by atoms with E-state index in [2.05, 4.69) is 0 Å². The SMILES string of the molecule is O=C(N1CCOC(c2ccco2)C1)C1(C2CC2)CCOCC1. The highest BCUT2D eigenvalue weighted by Crippen LogP contribution is 2.52. The highest BCUT2D eigenvalue weighted by atomic mass is 16.5. The molecule has 120 valence electrons. The number of hydrogen-bond donors (Lipinski definition) is 0. The lowest BCUT2D eigenvalue weighted by Gasteiger charge is -2.42. The third kappa shape index (κ3) is 2.46. The molecule has 1 amide bonds. The van der Waals surface area contributed by atoms with E-state index >= 15 is 0 Å². The smallest absolute Gasteiger partial charge is 0.229 e. The predicted octanol–water partition coefficient (Wildman–Crippen LogP) is 2.39. The van der Waals surface area contributed by atoms with Crippen LogP contribution in [0.25, 0.3) is 0 Å². The van der Waals surface area contributed by atoms with Crippen LogP contribution in [0.4, 0.5) is 0 Å². The van der Waals surface area contributed by atoms with Gasteiger partial charge in [-0.05, 0) is 43.7 Å². The molecular weight excluding hydrogens is 282 g/mol. The molecule has 3 heterocycles. The summed E-state index contributed by atoms with van der Waals surface area (Å²) >= 11 is 0. The lowest BCUT2D eigenvalue weighted by Crippen LogP contribution is -2.52. The summed E-state index contributed by atoms with van der Waals surface area (Å²) in [5.41, 5.74) is -0.177. The Morgan fingerprint density at radius 2 is 2.05 bits per heavy atom. The van der Waals surface area contributed by atoms with Gasteiger partial charge in [0, 0.05) is 19.8 Å². The Morgan fingerprint density at radius 1 is 1.23 bits per heavy atom. The van der Waals surface area contributed by atoms with Crippen molar-refractivity contribution in [1.29, 1.82) is 0 Å². The summed E-state index contributed by atoms with van der Waals surface area (Å²) in [6.45, 7) is 3.30. The first-order valence-corrected chi connectivity index (χ1v) is 8.32. The molecule has 0 N–H and O–H groups in total. The third-order valence-corrected chi connectivity index (χ3v) is 5.38. The van der Waals surface area contributed by atoms with Crippen molar-refractivity contribution >= 4 is 5.91 Å². The van der Waals surface area contributed by atoms with Crippen LogP contribution in [0.5, 0.6) is 0 Å². The summed E-state index contributed by atoms with van der Waals surface area (Å²) in [5.74, 6) is 1.69. The fourth-order valence-electron chi connectivity index (χ4n) is 3.96. The maximum Gasteiger partial charge on any atom is 0.229 e. The number of morpholine rings is 1. The molecule has 1 atom stereocenters. The highest BCUT2D eigenvalue weighted by Gasteiger charge is 2.53. The quantitative estimate of drug-likeness (QED) is 0.860. The zero-order valence-corrected chi connectivity index (χ0v) is 12.8. The number of amides is 1. The fraction of sp³-hybridized carbons (Fsp3) is 0.706. The van der Waals surface area contributed by atoms with Gasteiger partial charge in [-0.2, -0.15) is 0 Å². The number of hydrogen-bond acceptors (Lipinski definition) is 4. The number of carbonyl (C=O) groups is 1. The van der Waals surface area contributed by atoms with Gasteiger partial charge in [-0.1, -0.05) is 0 Å². The van der Waals surface area contributed by atoms with Crippen LogP contribution in [0.15, 0.2) is 22.8 Å². The molecule has 4 rings (SSSR count). The molecule has 3 fully saturated rings. The van der Waals surface area contributed by atoms with E-state index in [0.29, 0.717) is 44.7 Å². The van der Waals surface area contributed by atoms with Crippen LogP contribution in [0.3, 0.4) is 0 Å². The highest BCUT2D eigenvalue weighted by molar-refractivity contribution is 5.83. The van der Waals surface area contributed by atoms with Crippen molar-refractivity contribution in [2.75, 3.05) is 32.9 Å². The van der Waals surface area contributed by atoms with Gasteiger partial charge in [0.25, 0.3) is 0 Å². The summed E-state index contributed by atoms with van der Waals surface area (Å²) in [5, 5.41) is 0. The molecule has 0 radical (unpaired) electrons. The first kappa shape index (κ1) is 14.3. The van der Waals surface area contributed by atoms with Gasteiger partial charge in [0.1, 0.15) is 11.9 Å². The van der Waals surface area contributed by atoms with Gasteiger partial charge in [0.2, 0.25) is 5.91 Å². The Labute approximate surface area is 130 Å². The van der Waals surface area contributed by atoms with Crippen molar-refractivity contribution in [2.45, 2.75) is 31.8 Å². The van der Waals surface area contributed by atoms with Gasteiger partial charge >= 0.3 is 0 Å². The van der Waals surface area contributed by atoms with Crippen LogP contribution in [0.1, 0.15) is 37.5 Å². The maximum atomic E-state index is 13.3. The second-order valence-corrected chi connectivity index (χ2v) is 6.67. The van der Waals surface area contributed by atoms with E-state index in [4.69, 9.17) is 13.9 Å². The number of furan rings is 1. The van der Waals surface area contributed by atoms with E-state index in [1.165, 1.54) is 12.8 Å². The van der Waals surface area contributed by atoms with E-state index in [1.807, 2.05) is 17.0 Å². The maximum absolute atomic E-state index is 13.3. The normalized spacial score (nSPS) is 28.5. The Hall–Kier alpha value is -1.33. The largest absolute Gasteiger partial charge is 0.467 e. The first-order valence-electron chi connectivity index (χ1n) is 8.32. The zero-order chi connectivity index (χ0) is 15.0. The number of rotatable bonds is 3. The average molecular weight is 305 g/mol. The number of carbonyl (C=O) groups excluding carboxylic acids is 1. The minimum Gasteiger partial charge on any atom is -0.467 e. The molecule has 0 bridgehead atoms. The van der Waals surface area contributed by atoms with Crippen molar-refractivity contribution in [3.05, 3.63) is 24.2 Å². The molecular formula is C17H23NO4. The monoisotopic (exact) mass is 305 g/mol. The van der Waals surface area contributed by atoms with Crippen LogP contribution in [0.2, 0.25) is 0 Å². The summed E-state index contributed by atoms with van der Waals surface area (Å²) in [6.07, 6.45) is 5.65. The Bertz CT molecular complexity index is 517. The molecule has 1 aromatic rings. The molecule has 1 saturated carbocycles. The van der Waals surface area contributed by atoms with Crippen molar-refractivity contribution in [1.82, 2.24) is 4.90 Å². The predicted molar refractivity (Wildman–Crippen MR) is 79.2 cm³/mol. The van der Waals surface area contributed by atoms with Gasteiger partial charge in [0.15, 0.2) is 0 Å².